The lowest BCUT2D eigenvalue weighted by molar-refractivity contribution is 0.0651. The maximum atomic E-state index is 12.3. The molecular formula is C26H39NO2. The van der Waals surface area contributed by atoms with E-state index in [4.69, 9.17) is 0 Å². The van der Waals surface area contributed by atoms with Crippen LogP contribution in [0.2, 0.25) is 0 Å². The first-order valence-electron chi connectivity index (χ1n) is 11.8. The van der Waals surface area contributed by atoms with Crippen molar-refractivity contribution in [3.8, 4) is 0 Å². The Morgan fingerprint density at radius 1 is 0.621 bits per heavy atom. The molecule has 3 nitrogen and oxygen atoms in total. The summed E-state index contributed by atoms with van der Waals surface area (Å²) >= 11 is 0. The fourth-order valence-corrected chi connectivity index (χ4v) is 4.12. The van der Waals surface area contributed by atoms with Crippen molar-refractivity contribution < 1.29 is 9.59 Å². The molecule has 1 aromatic carbocycles. The molecule has 3 heteroatoms. The van der Waals surface area contributed by atoms with Crippen LogP contribution in [0, 0.1) is 0 Å². The zero-order valence-electron chi connectivity index (χ0n) is 18.2. The zero-order chi connectivity index (χ0) is 20.7. The van der Waals surface area contributed by atoms with Gasteiger partial charge in [0.25, 0.3) is 11.8 Å². The van der Waals surface area contributed by atoms with Gasteiger partial charge in [0, 0.05) is 6.54 Å². The third-order valence-corrected chi connectivity index (χ3v) is 5.92. The largest absolute Gasteiger partial charge is 0.274 e. The molecule has 0 radical (unpaired) electrons. The molecule has 160 valence electrons. The van der Waals surface area contributed by atoms with Gasteiger partial charge in [-0.15, -0.1) is 6.58 Å². The lowest BCUT2D eigenvalue weighted by Crippen LogP contribution is -2.30. The van der Waals surface area contributed by atoms with Crippen LogP contribution in [0.15, 0.2) is 36.9 Å². The van der Waals surface area contributed by atoms with E-state index >= 15 is 0 Å². The second-order valence-corrected chi connectivity index (χ2v) is 8.33. The Morgan fingerprint density at radius 3 is 1.41 bits per heavy atom. The van der Waals surface area contributed by atoms with E-state index in [2.05, 4.69) is 6.58 Å². The molecule has 1 heterocycles. The molecule has 0 bridgehead atoms. The van der Waals surface area contributed by atoms with Gasteiger partial charge in [0.2, 0.25) is 0 Å². The van der Waals surface area contributed by atoms with E-state index in [0.29, 0.717) is 17.7 Å². The highest BCUT2D eigenvalue weighted by molar-refractivity contribution is 6.21. The van der Waals surface area contributed by atoms with E-state index in [9.17, 15) is 9.59 Å². The van der Waals surface area contributed by atoms with Crippen molar-refractivity contribution >= 4 is 11.8 Å². The molecule has 0 fully saturated rings. The first kappa shape index (κ1) is 23.4. The van der Waals surface area contributed by atoms with Gasteiger partial charge in [-0.05, 0) is 31.4 Å². The summed E-state index contributed by atoms with van der Waals surface area (Å²) in [5.41, 5.74) is 1.12. The molecule has 1 aliphatic heterocycles. The number of benzene rings is 1. The predicted octanol–water partition coefficient (Wildman–Crippen LogP) is 7.32. The van der Waals surface area contributed by atoms with Crippen molar-refractivity contribution in [2.75, 3.05) is 6.54 Å². The van der Waals surface area contributed by atoms with Crippen LogP contribution in [0.1, 0.15) is 117 Å². The second-order valence-electron chi connectivity index (χ2n) is 8.33. The quantitative estimate of drug-likeness (QED) is 0.157. The predicted molar refractivity (Wildman–Crippen MR) is 121 cm³/mol. The fourth-order valence-electron chi connectivity index (χ4n) is 4.12. The number of allylic oxidation sites excluding steroid dienone is 1. The number of hydrogen-bond acceptors (Lipinski definition) is 2. The summed E-state index contributed by atoms with van der Waals surface area (Å²) in [5, 5.41) is 0. The van der Waals surface area contributed by atoms with E-state index < -0.39 is 0 Å². The van der Waals surface area contributed by atoms with Gasteiger partial charge < -0.3 is 0 Å². The highest BCUT2D eigenvalue weighted by Gasteiger charge is 2.34. The summed E-state index contributed by atoms with van der Waals surface area (Å²) in [6.07, 6.45) is 21.3. The molecule has 0 saturated heterocycles. The number of imide groups is 1. The Labute approximate surface area is 177 Å². The minimum atomic E-state index is -0.123. The molecule has 1 aliphatic rings. The smallest absolute Gasteiger partial charge is 0.261 e. The molecule has 0 N–H and O–H groups in total. The van der Waals surface area contributed by atoms with Crippen LogP contribution >= 0.6 is 0 Å². The average molecular weight is 398 g/mol. The maximum absolute atomic E-state index is 12.3. The third-order valence-electron chi connectivity index (χ3n) is 5.92. The summed E-state index contributed by atoms with van der Waals surface area (Å²) in [5.74, 6) is -0.246. The van der Waals surface area contributed by atoms with E-state index in [1.807, 2.05) is 18.2 Å². The fraction of sp³-hybridized carbons (Fsp3) is 0.615. The molecule has 29 heavy (non-hydrogen) atoms. The molecular weight excluding hydrogens is 358 g/mol. The van der Waals surface area contributed by atoms with E-state index in [1.54, 1.807) is 12.1 Å². The molecule has 0 unspecified atom stereocenters. The van der Waals surface area contributed by atoms with Crippen LogP contribution in [0.25, 0.3) is 0 Å². The standard InChI is InChI=1S/C26H39NO2/c1-2-3-4-5-6-7-8-9-10-11-12-13-14-15-16-19-22-27-25(28)23-20-17-18-21-24(23)26(27)29/h2,17-18,20-21H,1,3-16,19,22H2. The summed E-state index contributed by atoms with van der Waals surface area (Å²) in [7, 11) is 0. The molecule has 2 rings (SSSR count). The summed E-state index contributed by atoms with van der Waals surface area (Å²) < 4.78 is 0. The van der Waals surface area contributed by atoms with Crippen molar-refractivity contribution in [1.29, 1.82) is 0 Å². The third kappa shape index (κ3) is 8.16. The van der Waals surface area contributed by atoms with Crippen LogP contribution in [0.4, 0.5) is 0 Å². The molecule has 0 aliphatic carbocycles. The van der Waals surface area contributed by atoms with Crippen molar-refractivity contribution in [1.82, 2.24) is 4.90 Å². The minimum absolute atomic E-state index is 0.123. The summed E-state index contributed by atoms with van der Waals surface area (Å²) in [4.78, 5) is 26.0. The molecule has 1 aromatic rings. The maximum Gasteiger partial charge on any atom is 0.261 e. The molecule has 0 spiro atoms. The number of rotatable bonds is 17. The van der Waals surface area contributed by atoms with Crippen LogP contribution in [0.5, 0.6) is 0 Å². The Balaban J connectivity index is 1.38. The van der Waals surface area contributed by atoms with Gasteiger partial charge in [-0.1, -0.05) is 95.3 Å². The van der Waals surface area contributed by atoms with E-state index in [0.717, 1.165) is 12.8 Å². The van der Waals surface area contributed by atoms with Gasteiger partial charge in [0.05, 0.1) is 11.1 Å². The number of carbonyl (C=O) groups excluding carboxylic acids is 2. The first-order valence-corrected chi connectivity index (χ1v) is 11.8. The first-order chi connectivity index (χ1) is 14.3. The number of amides is 2. The SMILES string of the molecule is C=CCCCCCCCCCCCCCCCCN1C(=O)c2ccccc2C1=O. The summed E-state index contributed by atoms with van der Waals surface area (Å²) in [6, 6.07) is 7.14. The van der Waals surface area contributed by atoms with E-state index in [1.165, 1.54) is 88.4 Å². The van der Waals surface area contributed by atoms with Gasteiger partial charge in [-0.3, -0.25) is 14.5 Å². The van der Waals surface area contributed by atoms with Crippen molar-refractivity contribution in [3.63, 3.8) is 0 Å². The van der Waals surface area contributed by atoms with E-state index in [-0.39, 0.29) is 11.8 Å². The topological polar surface area (TPSA) is 37.4 Å². The minimum Gasteiger partial charge on any atom is -0.274 e. The molecule has 0 aromatic heterocycles. The molecule has 0 atom stereocenters. The van der Waals surface area contributed by atoms with Crippen LogP contribution in [-0.4, -0.2) is 23.3 Å². The van der Waals surface area contributed by atoms with Crippen molar-refractivity contribution in [2.45, 2.75) is 96.3 Å². The Bertz CT molecular complexity index is 602. The van der Waals surface area contributed by atoms with Gasteiger partial charge in [0.15, 0.2) is 0 Å². The van der Waals surface area contributed by atoms with Crippen LogP contribution in [0.3, 0.4) is 0 Å². The Morgan fingerprint density at radius 2 is 1.00 bits per heavy atom. The lowest BCUT2D eigenvalue weighted by atomic mass is 10.0. The number of hydrogen-bond donors (Lipinski definition) is 0. The van der Waals surface area contributed by atoms with Gasteiger partial charge in [-0.25, -0.2) is 0 Å². The number of fused-ring (bicyclic) bond motifs is 1. The van der Waals surface area contributed by atoms with Crippen molar-refractivity contribution in [2.24, 2.45) is 0 Å². The summed E-state index contributed by atoms with van der Waals surface area (Å²) in [6.45, 7) is 4.32. The Kier molecular flexibility index (Phi) is 11.4. The number of carbonyl (C=O) groups is 2. The lowest BCUT2D eigenvalue weighted by Gasteiger charge is -2.13. The highest BCUT2D eigenvalue weighted by Crippen LogP contribution is 2.23. The molecule has 2 amide bonds. The van der Waals surface area contributed by atoms with Gasteiger partial charge in [0.1, 0.15) is 0 Å². The number of unbranched alkanes of at least 4 members (excludes halogenated alkanes) is 14. The molecule has 0 saturated carbocycles. The average Bonchev–Trinajstić information content (AvgIpc) is 2.98. The second kappa shape index (κ2) is 14.1. The zero-order valence-corrected chi connectivity index (χ0v) is 18.2. The highest BCUT2D eigenvalue weighted by atomic mass is 16.2. The Hall–Kier alpha value is -1.90. The van der Waals surface area contributed by atoms with Gasteiger partial charge in [-0.2, -0.15) is 0 Å². The van der Waals surface area contributed by atoms with Crippen molar-refractivity contribution in [3.05, 3.63) is 48.0 Å². The van der Waals surface area contributed by atoms with Crippen LogP contribution < -0.4 is 0 Å². The number of nitrogens with zero attached hydrogens (tertiary/aromatic N) is 1. The van der Waals surface area contributed by atoms with Crippen LogP contribution in [-0.2, 0) is 0 Å². The monoisotopic (exact) mass is 397 g/mol. The normalized spacial score (nSPS) is 13.2. The van der Waals surface area contributed by atoms with Gasteiger partial charge >= 0.3 is 0 Å².